The standard InChI is InChI=1S/C21H26N2O3/c1-21(2,3)26-20(25)23(15-17-12-8-5-9-13-17)18(19(22)24)14-16-10-6-4-7-11-16/h4-13,18H,14-15H2,1-3H3,(H2,22,24). The molecule has 0 spiro atoms. The summed E-state index contributed by atoms with van der Waals surface area (Å²) in [4.78, 5) is 26.4. The lowest BCUT2D eigenvalue weighted by molar-refractivity contribution is -0.123. The second-order valence-electron chi connectivity index (χ2n) is 7.20. The molecule has 0 saturated carbocycles. The molecule has 2 aromatic rings. The van der Waals surface area contributed by atoms with Crippen molar-refractivity contribution in [3.05, 3.63) is 71.8 Å². The molecule has 26 heavy (non-hydrogen) atoms. The summed E-state index contributed by atoms with van der Waals surface area (Å²) in [6, 6.07) is 18.2. The number of nitrogens with zero attached hydrogens (tertiary/aromatic N) is 1. The van der Waals surface area contributed by atoms with Gasteiger partial charge in [0.25, 0.3) is 0 Å². The Kier molecular flexibility index (Phi) is 6.39. The quantitative estimate of drug-likeness (QED) is 0.862. The van der Waals surface area contributed by atoms with Gasteiger partial charge in [-0.15, -0.1) is 0 Å². The highest BCUT2D eigenvalue weighted by atomic mass is 16.6. The summed E-state index contributed by atoms with van der Waals surface area (Å²) < 4.78 is 5.52. The van der Waals surface area contributed by atoms with E-state index in [4.69, 9.17) is 10.5 Å². The molecule has 2 aromatic carbocycles. The highest BCUT2D eigenvalue weighted by molar-refractivity contribution is 5.84. The number of rotatable bonds is 6. The monoisotopic (exact) mass is 354 g/mol. The first-order valence-electron chi connectivity index (χ1n) is 8.63. The molecule has 1 atom stereocenters. The Morgan fingerprint density at radius 2 is 1.46 bits per heavy atom. The van der Waals surface area contributed by atoms with E-state index in [1.165, 1.54) is 4.90 Å². The molecule has 0 fully saturated rings. The van der Waals surface area contributed by atoms with Gasteiger partial charge < -0.3 is 10.5 Å². The predicted molar refractivity (Wildman–Crippen MR) is 101 cm³/mol. The van der Waals surface area contributed by atoms with Crippen LogP contribution in [0.25, 0.3) is 0 Å². The van der Waals surface area contributed by atoms with Crippen molar-refractivity contribution >= 4 is 12.0 Å². The average molecular weight is 354 g/mol. The van der Waals surface area contributed by atoms with Crippen LogP contribution in [-0.4, -0.2) is 28.5 Å². The zero-order chi connectivity index (χ0) is 19.2. The van der Waals surface area contributed by atoms with Crippen molar-refractivity contribution in [1.29, 1.82) is 0 Å². The number of nitrogens with two attached hydrogens (primary N) is 1. The van der Waals surface area contributed by atoms with Crippen molar-refractivity contribution in [2.24, 2.45) is 5.73 Å². The number of primary amides is 1. The number of hydrogen-bond donors (Lipinski definition) is 1. The SMILES string of the molecule is CC(C)(C)OC(=O)N(Cc1ccccc1)C(Cc1ccccc1)C(N)=O. The van der Waals surface area contributed by atoms with Crippen LogP contribution in [0.15, 0.2) is 60.7 Å². The molecule has 2 amide bonds. The molecule has 0 heterocycles. The number of benzene rings is 2. The third-order valence-corrected chi connectivity index (χ3v) is 3.80. The van der Waals surface area contributed by atoms with Crippen LogP contribution >= 0.6 is 0 Å². The fourth-order valence-electron chi connectivity index (χ4n) is 2.60. The molecule has 0 aliphatic heterocycles. The molecule has 0 saturated heterocycles. The van der Waals surface area contributed by atoms with Gasteiger partial charge in [-0.2, -0.15) is 0 Å². The van der Waals surface area contributed by atoms with E-state index in [0.29, 0.717) is 6.42 Å². The summed E-state index contributed by atoms with van der Waals surface area (Å²) in [5.41, 5.74) is 6.82. The van der Waals surface area contributed by atoms with Crippen molar-refractivity contribution in [3.8, 4) is 0 Å². The lowest BCUT2D eigenvalue weighted by Crippen LogP contribution is -2.50. The van der Waals surface area contributed by atoms with E-state index in [0.717, 1.165) is 11.1 Å². The number of hydrogen-bond acceptors (Lipinski definition) is 3. The molecule has 0 bridgehead atoms. The van der Waals surface area contributed by atoms with Crippen LogP contribution in [0.2, 0.25) is 0 Å². The van der Waals surface area contributed by atoms with Gasteiger partial charge in [-0.05, 0) is 31.9 Å². The van der Waals surface area contributed by atoms with E-state index >= 15 is 0 Å². The topological polar surface area (TPSA) is 72.6 Å². The van der Waals surface area contributed by atoms with E-state index in [1.807, 2.05) is 60.7 Å². The largest absolute Gasteiger partial charge is 0.444 e. The van der Waals surface area contributed by atoms with Gasteiger partial charge in [0.05, 0.1) is 0 Å². The minimum atomic E-state index is -0.799. The maximum absolute atomic E-state index is 12.8. The van der Waals surface area contributed by atoms with Crippen LogP contribution in [-0.2, 0) is 22.5 Å². The molecule has 2 N–H and O–H groups in total. The summed E-state index contributed by atoms with van der Waals surface area (Å²) in [6.07, 6.45) is -0.219. The number of ether oxygens (including phenoxy) is 1. The second kappa shape index (κ2) is 8.52. The van der Waals surface area contributed by atoms with Gasteiger partial charge in [0.2, 0.25) is 5.91 Å². The van der Waals surface area contributed by atoms with Crippen molar-refractivity contribution in [1.82, 2.24) is 4.90 Å². The molecule has 0 aliphatic rings. The predicted octanol–water partition coefficient (Wildman–Crippen LogP) is 3.52. The molecule has 0 aromatic heterocycles. The molecule has 0 radical (unpaired) electrons. The van der Waals surface area contributed by atoms with Crippen LogP contribution in [0.1, 0.15) is 31.9 Å². The van der Waals surface area contributed by atoms with Crippen LogP contribution in [0.4, 0.5) is 4.79 Å². The van der Waals surface area contributed by atoms with E-state index in [1.54, 1.807) is 20.8 Å². The highest BCUT2D eigenvalue weighted by Gasteiger charge is 2.32. The van der Waals surface area contributed by atoms with Crippen LogP contribution in [0.5, 0.6) is 0 Å². The fourth-order valence-corrected chi connectivity index (χ4v) is 2.60. The number of amides is 2. The first kappa shape index (κ1) is 19.5. The van der Waals surface area contributed by atoms with Crippen LogP contribution in [0.3, 0.4) is 0 Å². The minimum absolute atomic E-state index is 0.246. The molecule has 5 nitrogen and oxygen atoms in total. The highest BCUT2D eigenvalue weighted by Crippen LogP contribution is 2.18. The zero-order valence-electron chi connectivity index (χ0n) is 15.5. The van der Waals surface area contributed by atoms with Gasteiger partial charge in [-0.25, -0.2) is 4.79 Å². The van der Waals surface area contributed by atoms with E-state index in [-0.39, 0.29) is 6.54 Å². The Bertz CT molecular complexity index is 724. The molecular weight excluding hydrogens is 328 g/mol. The summed E-state index contributed by atoms with van der Waals surface area (Å²) in [7, 11) is 0. The summed E-state index contributed by atoms with van der Waals surface area (Å²) >= 11 is 0. The first-order chi connectivity index (χ1) is 12.3. The zero-order valence-corrected chi connectivity index (χ0v) is 15.5. The third-order valence-electron chi connectivity index (χ3n) is 3.80. The summed E-state index contributed by atoms with van der Waals surface area (Å²) in [5, 5.41) is 0. The maximum Gasteiger partial charge on any atom is 0.411 e. The van der Waals surface area contributed by atoms with Gasteiger partial charge in [0, 0.05) is 13.0 Å². The van der Waals surface area contributed by atoms with Crippen molar-refractivity contribution in [3.63, 3.8) is 0 Å². The minimum Gasteiger partial charge on any atom is -0.444 e. The van der Waals surface area contributed by atoms with E-state index < -0.39 is 23.6 Å². The Labute approximate surface area is 154 Å². The summed E-state index contributed by atoms with van der Waals surface area (Å²) in [5.74, 6) is -0.560. The van der Waals surface area contributed by atoms with Crippen LogP contribution in [0, 0.1) is 0 Å². The third kappa shape index (κ3) is 5.92. The first-order valence-corrected chi connectivity index (χ1v) is 8.63. The number of carbonyl (C=O) groups excluding carboxylic acids is 2. The van der Waals surface area contributed by atoms with Crippen molar-refractivity contribution in [2.45, 2.75) is 45.4 Å². The molecule has 5 heteroatoms. The molecular formula is C21H26N2O3. The molecule has 0 aliphatic carbocycles. The smallest absolute Gasteiger partial charge is 0.411 e. The van der Waals surface area contributed by atoms with Crippen molar-refractivity contribution in [2.75, 3.05) is 0 Å². The van der Waals surface area contributed by atoms with E-state index in [9.17, 15) is 9.59 Å². The Morgan fingerprint density at radius 1 is 0.962 bits per heavy atom. The molecule has 138 valence electrons. The summed E-state index contributed by atoms with van der Waals surface area (Å²) in [6.45, 7) is 5.63. The fraction of sp³-hybridized carbons (Fsp3) is 0.333. The Hall–Kier alpha value is -2.82. The lowest BCUT2D eigenvalue weighted by Gasteiger charge is -2.32. The molecule has 2 rings (SSSR count). The van der Waals surface area contributed by atoms with Gasteiger partial charge in [-0.1, -0.05) is 60.7 Å². The average Bonchev–Trinajstić information content (AvgIpc) is 2.58. The van der Waals surface area contributed by atoms with Gasteiger partial charge in [0.1, 0.15) is 11.6 Å². The van der Waals surface area contributed by atoms with Gasteiger partial charge in [-0.3, -0.25) is 9.69 Å². The Balaban J connectivity index is 2.31. The van der Waals surface area contributed by atoms with Crippen molar-refractivity contribution < 1.29 is 14.3 Å². The van der Waals surface area contributed by atoms with E-state index in [2.05, 4.69) is 0 Å². The maximum atomic E-state index is 12.8. The van der Waals surface area contributed by atoms with Crippen LogP contribution < -0.4 is 5.73 Å². The van der Waals surface area contributed by atoms with Gasteiger partial charge >= 0.3 is 6.09 Å². The Morgan fingerprint density at radius 3 is 1.92 bits per heavy atom. The second-order valence-corrected chi connectivity index (χ2v) is 7.20. The number of carbonyl (C=O) groups is 2. The lowest BCUT2D eigenvalue weighted by atomic mass is 10.0. The van der Waals surface area contributed by atoms with Gasteiger partial charge in [0.15, 0.2) is 0 Å². The molecule has 1 unspecified atom stereocenters. The normalized spacial score (nSPS) is 12.3.